The minimum atomic E-state index is -0.0886. The summed E-state index contributed by atoms with van der Waals surface area (Å²) in [5, 5.41) is 9.54. The van der Waals surface area contributed by atoms with E-state index in [0.29, 0.717) is 23.1 Å². The summed E-state index contributed by atoms with van der Waals surface area (Å²) >= 11 is 5.85. The molecular weight excluding hydrogens is 250 g/mol. The highest BCUT2D eigenvalue weighted by molar-refractivity contribution is 6.31. The number of aromatic nitrogens is 1. The van der Waals surface area contributed by atoms with Crippen LogP contribution >= 0.6 is 11.6 Å². The van der Waals surface area contributed by atoms with Crippen molar-refractivity contribution in [1.29, 1.82) is 0 Å². The van der Waals surface area contributed by atoms with E-state index in [4.69, 9.17) is 21.4 Å². The largest absolute Gasteiger partial charge is 0.478 e. The smallest absolute Gasteiger partial charge is 0.213 e. The molecule has 3 nitrogen and oxygen atoms in total. The molecule has 0 aliphatic rings. The Labute approximate surface area is 114 Å². The number of pyridine rings is 1. The molecule has 0 atom stereocenters. The molecule has 1 aromatic heterocycles. The van der Waals surface area contributed by atoms with Crippen LogP contribution in [0.4, 0.5) is 0 Å². The van der Waals surface area contributed by atoms with Crippen molar-refractivity contribution >= 4 is 11.6 Å². The van der Waals surface area contributed by atoms with Gasteiger partial charge in [-0.15, -0.1) is 0 Å². The molecule has 1 heterocycles. The summed E-state index contributed by atoms with van der Waals surface area (Å²) in [4.78, 5) is 4.07. The lowest BCUT2D eigenvalue weighted by Crippen LogP contribution is -2.00. The number of rotatable bonds is 9. The van der Waals surface area contributed by atoms with Crippen molar-refractivity contribution in [2.24, 2.45) is 0 Å². The number of hydrogen-bond donors (Lipinski definition) is 1. The minimum Gasteiger partial charge on any atom is -0.478 e. The molecule has 102 valence electrons. The average Bonchev–Trinajstić information content (AvgIpc) is 2.39. The van der Waals surface area contributed by atoms with Crippen LogP contribution in [-0.4, -0.2) is 16.7 Å². The summed E-state index contributed by atoms with van der Waals surface area (Å²) in [6, 6.07) is 1.69. The molecule has 0 bridgehead atoms. The third kappa shape index (κ3) is 5.69. The summed E-state index contributed by atoms with van der Waals surface area (Å²) in [5.74, 6) is 0.539. The molecule has 4 heteroatoms. The Kier molecular flexibility index (Phi) is 7.78. The Balaban J connectivity index is 2.19. The maximum atomic E-state index is 9.07. The number of halogens is 1. The van der Waals surface area contributed by atoms with Crippen molar-refractivity contribution in [3.63, 3.8) is 0 Å². The fraction of sp³-hybridized carbons (Fsp3) is 0.643. The first-order valence-corrected chi connectivity index (χ1v) is 7.03. The number of aliphatic hydroxyl groups is 1. The molecule has 0 amide bonds. The molecule has 0 radical (unpaired) electrons. The van der Waals surface area contributed by atoms with E-state index in [1.54, 1.807) is 6.07 Å². The van der Waals surface area contributed by atoms with Gasteiger partial charge in [0.05, 0.1) is 18.2 Å². The molecule has 18 heavy (non-hydrogen) atoms. The van der Waals surface area contributed by atoms with Gasteiger partial charge >= 0.3 is 0 Å². The lowest BCUT2D eigenvalue weighted by Gasteiger charge is -2.07. The molecule has 1 N–H and O–H groups in total. The van der Waals surface area contributed by atoms with Crippen LogP contribution in [0.3, 0.4) is 0 Å². The van der Waals surface area contributed by atoms with E-state index in [1.165, 1.54) is 38.3 Å². The van der Waals surface area contributed by atoms with Gasteiger partial charge in [0.1, 0.15) is 0 Å². The Bertz CT molecular complexity index is 345. The highest BCUT2D eigenvalue weighted by Crippen LogP contribution is 2.19. The first-order valence-electron chi connectivity index (χ1n) is 6.66. The van der Waals surface area contributed by atoms with Crippen LogP contribution in [0.25, 0.3) is 0 Å². The Morgan fingerprint density at radius 1 is 1.22 bits per heavy atom. The molecular formula is C14H22ClNO2. The van der Waals surface area contributed by atoms with E-state index in [9.17, 15) is 0 Å². The van der Waals surface area contributed by atoms with Gasteiger partial charge in [-0.2, -0.15) is 0 Å². The highest BCUT2D eigenvalue weighted by Gasteiger charge is 2.03. The fourth-order valence-electron chi connectivity index (χ4n) is 1.72. The lowest BCUT2D eigenvalue weighted by atomic mass is 10.1. The summed E-state index contributed by atoms with van der Waals surface area (Å²) in [5.41, 5.74) is 0.657. The molecule has 1 rings (SSSR count). The second-order valence-corrected chi connectivity index (χ2v) is 4.80. The monoisotopic (exact) mass is 271 g/mol. The fourth-order valence-corrected chi connectivity index (χ4v) is 1.88. The van der Waals surface area contributed by atoms with Crippen LogP contribution in [-0.2, 0) is 6.61 Å². The van der Waals surface area contributed by atoms with Crippen LogP contribution in [0.15, 0.2) is 12.3 Å². The molecule has 1 aromatic rings. The zero-order valence-corrected chi connectivity index (χ0v) is 11.7. The predicted octanol–water partition coefficient (Wildman–Crippen LogP) is 3.97. The third-order valence-electron chi connectivity index (χ3n) is 2.83. The van der Waals surface area contributed by atoms with Gasteiger partial charge in [0.15, 0.2) is 0 Å². The Morgan fingerprint density at radius 2 is 1.94 bits per heavy atom. The molecule has 0 saturated heterocycles. The summed E-state index contributed by atoms with van der Waals surface area (Å²) in [6.07, 6.45) is 8.93. The number of hydrogen-bond acceptors (Lipinski definition) is 3. The molecule has 0 fully saturated rings. The molecule has 0 aromatic carbocycles. The van der Waals surface area contributed by atoms with E-state index < -0.39 is 0 Å². The van der Waals surface area contributed by atoms with Crippen LogP contribution in [0.1, 0.15) is 51.0 Å². The molecule has 0 aliphatic heterocycles. The van der Waals surface area contributed by atoms with Crippen LogP contribution in [0.2, 0.25) is 5.02 Å². The van der Waals surface area contributed by atoms with Crippen molar-refractivity contribution in [3.8, 4) is 5.88 Å². The normalized spacial score (nSPS) is 10.6. The van der Waals surface area contributed by atoms with E-state index >= 15 is 0 Å². The Hall–Kier alpha value is -0.800. The van der Waals surface area contributed by atoms with Gasteiger partial charge < -0.3 is 9.84 Å². The van der Waals surface area contributed by atoms with Gasteiger partial charge in [-0.3, -0.25) is 0 Å². The summed E-state index contributed by atoms with van der Waals surface area (Å²) < 4.78 is 5.53. The molecule has 0 unspecified atom stereocenters. The van der Waals surface area contributed by atoms with Gasteiger partial charge in [0.2, 0.25) is 5.88 Å². The minimum absolute atomic E-state index is 0.0886. The van der Waals surface area contributed by atoms with Crippen molar-refractivity contribution in [2.75, 3.05) is 6.61 Å². The summed E-state index contributed by atoms with van der Waals surface area (Å²) in [6.45, 7) is 2.80. The first kappa shape index (κ1) is 15.3. The molecule has 0 saturated carbocycles. The average molecular weight is 272 g/mol. The second kappa shape index (κ2) is 9.17. The number of aliphatic hydroxyl groups excluding tert-OH is 1. The van der Waals surface area contributed by atoms with E-state index in [2.05, 4.69) is 11.9 Å². The van der Waals surface area contributed by atoms with Crippen molar-refractivity contribution < 1.29 is 9.84 Å². The SMILES string of the molecule is CCCCCCCCOc1cc(CO)c(Cl)cn1. The molecule has 0 aliphatic carbocycles. The number of unbranched alkanes of at least 4 members (excludes halogenated alkanes) is 5. The molecule has 0 spiro atoms. The third-order valence-corrected chi connectivity index (χ3v) is 3.17. The van der Waals surface area contributed by atoms with Gasteiger partial charge in [0, 0.05) is 17.8 Å². The highest BCUT2D eigenvalue weighted by atomic mass is 35.5. The summed E-state index contributed by atoms with van der Waals surface area (Å²) in [7, 11) is 0. The van der Waals surface area contributed by atoms with Gasteiger partial charge in [-0.25, -0.2) is 4.98 Å². The van der Waals surface area contributed by atoms with Gasteiger partial charge in [0.25, 0.3) is 0 Å². The van der Waals surface area contributed by atoms with E-state index in [1.807, 2.05) is 0 Å². The van der Waals surface area contributed by atoms with Crippen LogP contribution < -0.4 is 4.74 Å². The van der Waals surface area contributed by atoms with E-state index in [0.717, 1.165) is 6.42 Å². The topological polar surface area (TPSA) is 42.4 Å². The number of nitrogens with zero attached hydrogens (tertiary/aromatic N) is 1. The quantitative estimate of drug-likeness (QED) is 0.691. The zero-order chi connectivity index (χ0) is 13.2. The lowest BCUT2D eigenvalue weighted by molar-refractivity contribution is 0.275. The Morgan fingerprint density at radius 3 is 2.67 bits per heavy atom. The van der Waals surface area contributed by atoms with Crippen LogP contribution in [0.5, 0.6) is 5.88 Å². The van der Waals surface area contributed by atoms with Gasteiger partial charge in [-0.05, 0) is 6.42 Å². The standard InChI is InChI=1S/C14H22ClNO2/c1-2-3-4-5-6-7-8-18-14-9-12(11-17)13(15)10-16-14/h9-10,17H,2-8,11H2,1H3. The van der Waals surface area contributed by atoms with Crippen molar-refractivity contribution in [1.82, 2.24) is 4.98 Å². The second-order valence-electron chi connectivity index (χ2n) is 4.39. The first-order chi connectivity index (χ1) is 8.77. The number of ether oxygens (including phenoxy) is 1. The van der Waals surface area contributed by atoms with Crippen LogP contribution in [0, 0.1) is 0 Å². The van der Waals surface area contributed by atoms with E-state index in [-0.39, 0.29) is 6.61 Å². The maximum absolute atomic E-state index is 9.07. The zero-order valence-electron chi connectivity index (χ0n) is 11.0. The van der Waals surface area contributed by atoms with Crippen molar-refractivity contribution in [2.45, 2.75) is 52.1 Å². The van der Waals surface area contributed by atoms with Crippen molar-refractivity contribution in [3.05, 3.63) is 22.8 Å². The van der Waals surface area contributed by atoms with Gasteiger partial charge in [-0.1, -0.05) is 50.6 Å². The predicted molar refractivity (Wildman–Crippen MR) is 74.0 cm³/mol. The maximum Gasteiger partial charge on any atom is 0.213 e.